The van der Waals surface area contributed by atoms with E-state index < -0.39 is 0 Å². The van der Waals surface area contributed by atoms with Crippen LogP contribution in [0.25, 0.3) is 6.08 Å². The van der Waals surface area contributed by atoms with Crippen LogP contribution in [-0.2, 0) is 4.79 Å². The number of benzene rings is 2. The molecule has 0 radical (unpaired) electrons. The fourth-order valence-corrected chi connectivity index (χ4v) is 5.26. The van der Waals surface area contributed by atoms with Crippen molar-refractivity contribution in [2.45, 2.75) is 58.6 Å². The lowest BCUT2D eigenvalue weighted by Gasteiger charge is -2.35. The van der Waals surface area contributed by atoms with E-state index in [4.69, 9.17) is 9.73 Å². The van der Waals surface area contributed by atoms with Crippen molar-refractivity contribution >= 4 is 34.6 Å². The lowest BCUT2D eigenvalue weighted by molar-refractivity contribution is -0.124. The first-order valence-corrected chi connectivity index (χ1v) is 12.0. The van der Waals surface area contributed by atoms with E-state index in [9.17, 15) is 4.79 Å². The van der Waals surface area contributed by atoms with Crippen LogP contribution in [-0.4, -0.2) is 28.1 Å². The molecule has 2 aromatic carbocycles. The first-order valence-electron chi connectivity index (χ1n) is 11.1. The SMILES string of the molecule is CC(C)Oc1ccc(/C=C2\SC(=Nc3ccccc3)N([C@H]3CCCC[C@@H]3C)C2=O)cc1. The highest BCUT2D eigenvalue weighted by Gasteiger charge is 2.41. The average molecular weight is 435 g/mol. The molecule has 1 saturated carbocycles. The molecule has 0 spiro atoms. The third kappa shape index (κ3) is 5.21. The minimum Gasteiger partial charge on any atom is -0.491 e. The summed E-state index contributed by atoms with van der Waals surface area (Å²) in [5.74, 6) is 1.39. The van der Waals surface area contributed by atoms with Crippen LogP contribution in [0.15, 0.2) is 64.5 Å². The van der Waals surface area contributed by atoms with Crippen molar-refractivity contribution in [3.05, 3.63) is 65.1 Å². The Morgan fingerprint density at radius 2 is 1.77 bits per heavy atom. The fourth-order valence-electron chi connectivity index (χ4n) is 4.22. The molecule has 1 saturated heterocycles. The summed E-state index contributed by atoms with van der Waals surface area (Å²) in [4.78, 5) is 21.0. The fraction of sp³-hybridized carbons (Fsp3) is 0.385. The molecule has 1 aliphatic carbocycles. The van der Waals surface area contributed by atoms with Gasteiger partial charge in [0.1, 0.15) is 5.75 Å². The number of para-hydroxylation sites is 1. The van der Waals surface area contributed by atoms with Crippen molar-refractivity contribution in [2.75, 3.05) is 0 Å². The number of hydrogen-bond acceptors (Lipinski definition) is 4. The van der Waals surface area contributed by atoms with Gasteiger partial charge < -0.3 is 4.74 Å². The molecule has 0 unspecified atom stereocenters. The van der Waals surface area contributed by atoms with Gasteiger partial charge in [-0.15, -0.1) is 0 Å². The van der Waals surface area contributed by atoms with Gasteiger partial charge in [0, 0.05) is 6.04 Å². The maximum Gasteiger partial charge on any atom is 0.267 e. The van der Waals surface area contributed by atoms with Crippen LogP contribution < -0.4 is 4.74 Å². The summed E-state index contributed by atoms with van der Waals surface area (Å²) in [5.41, 5.74) is 1.87. The smallest absolute Gasteiger partial charge is 0.267 e. The number of rotatable bonds is 5. The Kier molecular flexibility index (Phi) is 6.81. The summed E-state index contributed by atoms with van der Waals surface area (Å²) in [6, 6.07) is 18.0. The lowest BCUT2D eigenvalue weighted by Crippen LogP contribution is -2.44. The van der Waals surface area contributed by atoms with E-state index in [-0.39, 0.29) is 18.1 Å². The number of aliphatic imine (C=N–C) groups is 1. The average Bonchev–Trinajstić information content (AvgIpc) is 3.05. The Hall–Kier alpha value is -2.53. The van der Waals surface area contributed by atoms with Crippen LogP contribution in [0.1, 0.15) is 52.0 Å². The molecule has 2 fully saturated rings. The summed E-state index contributed by atoms with van der Waals surface area (Å²) in [6.45, 7) is 6.29. The van der Waals surface area contributed by atoms with E-state index in [0.717, 1.165) is 39.9 Å². The highest BCUT2D eigenvalue weighted by molar-refractivity contribution is 8.18. The number of amidine groups is 1. The zero-order valence-corrected chi connectivity index (χ0v) is 19.3. The molecule has 1 aliphatic heterocycles. The number of thioether (sulfide) groups is 1. The summed E-state index contributed by atoms with van der Waals surface area (Å²) in [7, 11) is 0. The van der Waals surface area contributed by atoms with Crippen LogP contribution in [0, 0.1) is 5.92 Å². The van der Waals surface area contributed by atoms with Crippen molar-refractivity contribution in [1.82, 2.24) is 4.90 Å². The van der Waals surface area contributed by atoms with Gasteiger partial charge in [0.25, 0.3) is 5.91 Å². The van der Waals surface area contributed by atoms with Crippen LogP contribution in [0.5, 0.6) is 5.75 Å². The predicted octanol–water partition coefficient (Wildman–Crippen LogP) is 6.66. The van der Waals surface area contributed by atoms with Crippen LogP contribution in [0.2, 0.25) is 0 Å². The van der Waals surface area contributed by atoms with Crippen LogP contribution >= 0.6 is 11.8 Å². The standard InChI is InChI=1S/C26H30N2O2S/c1-18(2)30-22-15-13-20(14-16-22)17-24-25(29)28(23-12-8-7-9-19(23)3)26(31-24)27-21-10-5-4-6-11-21/h4-6,10-11,13-19,23H,7-9,12H2,1-3H3/b24-17-,27-26?/t19-,23-/m0/s1. The van der Waals surface area contributed by atoms with Gasteiger partial charge >= 0.3 is 0 Å². The largest absolute Gasteiger partial charge is 0.491 e. The summed E-state index contributed by atoms with van der Waals surface area (Å²) in [5, 5.41) is 0.793. The molecule has 2 aliphatic rings. The van der Waals surface area contributed by atoms with Crippen molar-refractivity contribution in [3.8, 4) is 5.75 Å². The van der Waals surface area contributed by atoms with Crippen LogP contribution in [0.3, 0.4) is 0 Å². The third-order valence-electron chi connectivity index (χ3n) is 5.77. The quantitative estimate of drug-likeness (QED) is 0.494. The topological polar surface area (TPSA) is 41.9 Å². The Morgan fingerprint density at radius 3 is 2.45 bits per heavy atom. The van der Waals surface area contributed by atoms with Gasteiger partial charge in [0.05, 0.1) is 16.7 Å². The number of carbonyl (C=O) groups excluding carboxylic acids is 1. The van der Waals surface area contributed by atoms with Gasteiger partial charge in [0.2, 0.25) is 0 Å². The third-order valence-corrected chi connectivity index (χ3v) is 6.75. The molecule has 0 N–H and O–H groups in total. The zero-order valence-electron chi connectivity index (χ0n) is 18.5. The first kappa shape index (κ1) is 21.7. The van der Waals surface area contributed by atoms with Crippen LogP contribution in [0.4, 0.5) is 5.69 Å². The van der Waals surface area contributed by atoms with E-state index in [1.165, 1.54) is 24.6 Å². The van der Waals surface area contributed by atoms with Crippen molar-refractivity contribution in [3.63, 3.8) is 0 Å². The Morgan fingerprint density at radius 1 is 1.06 bits per heavy atom. The van der Waals surface area contributed by atoms with Gasteiger partial charge in [-0.3, -0.25) is 9.69 Å². The van der Waals surface area contributed by atoms with E-state index in [2.05, 4.69) is 6.92 Å². The number of ether oxygens (including phenoxy) is 1. The predicted molar refractivity (Wildman–Crippen MR) is 130 cm³/mol. The molecule has 0 aromatic heterocycles. The molecule has 162 valence electrons. The molecule has 2 atom stereocenters. The highest BCUT2D eigenvalue weighted by atomic mass is 32.2. The monoisotopic (exact) mass is 434 g/mol. The Balaban J connectivity index is 1.64. The second kappa shape index (κ2) is 9.73. The second-order valence-electron chi connectivity index (χ2n) is 8.58. The lowest BCUT2D eigenvalue weighted by atomic mass is 9.85. The van der Waals surface area contributed by atoms with Crippen molar-refractivity contribution < 1.29 is 9.53 Å². The number of carbonyl (C=O) groups is 1. The summed E-state index contributed by atoms with van der Waals surface area (Å²) >= 11 is 1.48. The van der Waals surface area contributed by atoms with E-state index in [1.807, 2.05) is 79.4 Å². The van der Waals surface area contributed by atoms with Crippen molar-refractivity contribution in [2.24, 2.45) is 10.9 Å². The first-order chi connectivity index (χ1) is 15.0. The van der Waals surface area contributed by atoms with Gasteiger partial charge in [-0.25, -0.2) is 4.99 Å². The number of hydrogen-bond donors (Lipinski definition) is 0. The maximum absolute atomic E-state index is 13.5. The molecule has 1 heterocycles. The van der Waals surface area contributed by atoms with Gasteiger partial charge in [-0.05, 0) is 80.3 Å². The summed E-state index contributed by atoms with van der Waals surface area (Å²) < 4.78 is 5.73. The maximum atomic E-state index is 13.5. The number of amides is 1. The molecule has 31 heavy (non-hydrogen) atoms. The summed E-state index contributed by atoms with van der Waals surface area (Å²) in [6.07, 6.45) is 6.72. The minimum atomic E-state index is 0.0703. The molecule has 1 amide bonds. The molecular formula is C26H30N2O2S. The van der Waals surface area contributed by atoms with E-state index in [1.54, 1.807) is 0 Å². The Labute approximate surface area is 189 Å². The normalized spacial score (nSPS) is 24.4. The zero-order chi connectivity index (χ0) is 21.8. The second-order valence-corrected chi connectivity index (χ2v) is 9.59. The molecule has 4 nitrogen and oxygen atoms in total. The molecular weight excluding hydrogens is 404 g/mol. The minimum absolute atomic E-state index is 0.0703. The molecule has 4 rings (SSSR count). The molecule has 0 bridgehead atoms. The molecule has 5 heteroatoms. The van der Waals surface area contributed by atoms with Crippen molar-refractivity contribution in [1.29, 1.82) is 0 Å². The molecule has 2 aromatic rings. The number of nitrogens with zero attached hydrogens (tertiary/aromatic N) is 2. The van der Waals surface area contributed by atoms with E-state index in [0.29, 0.717) is 5.92 Å². The highest BCUT2D eigenvalue weighted by Crippen LogP contribution is 2.40. The Bertz CT molecular complexity index is 967. The van der Waals surface area contributed by atoms with Gasteiger partial charge in [-0.2, -0.15) is 0 Å². The van der Waals surface area contributed by atoms with Gasteiger partial charge in [0.15, 0.2) is 5.17 Å². The van der Waals surface area contributed by atoms with E-state index >= 15 is 0 Å². The van der Waals surface area contributed by atoms with Gasteiger partial charge in [-0.1, -0.05) is 50.1 Å².